The molecule has 1 N–H and O–H groups in total. The number of nitrogens with one attached hydrogen (secondary N) is 1. The summed E-state index contributed by atoms with van der Waals surface area (Å²) in [7, 11) is 0. The second-order valence-corrected chi connectivity index (χ2v) is 2.41. The highest BCUT2D eigenvalue weighted by Gasteiger charge is 1.95. The van der Waals surface area contributed by atoms with E-state index in [2.05, 4.69) is 16.9 Å². The molecule has 0 radical (unpaired) electrons. The number of aromatic nitrogens is 1. The van der Waals surface area contributed by atoms with E-state index in [9.17, 15) is 4.79 Å². The molecule has 0 saturated heterocycles. The van der Waals surface area contributed by atoms with Crippen molar-refractivity contribution in [2.75, 3.05) is 5.32 Å². The van der Waals surface area contributed by atoms with E-state index in [1.165, 1.54) is 6.08 Å². The normalized spacial score (nSPS) is 9.08. The Kier molecular flexibility index (Phi) is 2.58. The monoisotopic (exact) mass is 162 g/mol. The zero-order chi connectivity index (χ0) is 8.97. The molecule has 0 aliphatic carbocycles. The largest absolute Gasteiger partial charge is 0.307 e. The smallest absolute Gasteiger partial charge is 0.248 e. The summed E-state index contributed by atoms with van der Waals surface area (Å²) in [4.78, 5) is 14.8. The van der Waals surface area contributed by atoms with Crippen molar-refractivity contribution in [2.24, 2.45) is 0 Å². The van der Waals surface area contributed by atoms with E-state index in [1.54, 1.807) is 12.3 Å². The SMILES string of the molecule is C=CC(=O)Nc1ccc(C)cn1. The Balaban J connectivity index is 2.71. The van der Waals surface area contributed by atoms with Crippen molar-refractivity contribution in [1.82, 2.24) is 4.98 Å². The van der Waals surface area contributed by atoms with Gasteiger partial charge in [0.15, 0.2) is 0 Å². The summed E-state index contributed by atoms with van der Waals surface area (Å²) in [5, 5.41) is 2.55. The molecule has 12 heavy (non-hydrogen) atoms. The lowest BCUT2D eigenvalue weighted by molar-refractivity contribution is -0.111. The number of amides is 1. The van der Waals surface area contributed by atoms with Crippen LogP contribution in [0.2, 0.25) is 0 Å². The van der Waals surface area contributed by atoms with Gasteiger partial charge >= 0.3 is 0 Å². The number of hydrogen-bond donors (Lipinski definition) is 1. The third-order valence-corrected chi connectivity index (χ3v) is 1.35. The maximum absolute atomic E-state index is 10.8. The number of carbonyl (C=O) groups excluding carboxylic acids is 1. The fraction of sp³-hybridized carbons (Fsp3) is 0.111. The van der Waals surface area contributed by atoms with Crippen LogP contribution in [-0.4, -0.2) is 10.9 Å². The van der Waals surface area contributed by atoms with Gasteiger partial charge in [-0.15, -0.1) is 0 Å². The van der Waals surface area contributed by atoms with E-state index in [1.807, 2.05) is 13.0 Å². The molecule has 0 aromatic carbocycles. The highest BCUT2D eigenvalue weighted by Crippen LogP contribution is 2.03. The summed E-state index contributed by atoms with van der Waals surface area (Å²) < 4.78 is 0. The molecule has 0 aliphatic heterocycles. The number of anilines is 1. The van der Waals surface area contributed by atoms with Crippen molar-refractivity contribution in [3.8, 4) is 0 Å². The van der Waals surface area contributed by atoms with Crippen LogP contribution in [0, 0.1) is 6.92 Å². The number of pyridine rings is 1. The first kappa shape index (κ1) is 8.46. The summed E-state index contributed by atoms with van der Waals surface area (Å²) in [5.41, 5.74) is 1.06. The first-order valence-electron chi connectivity index (χ1n) is 3.58. The van der Waals surface area contributed by atoms with E-state index < -0.39 is 0 Å². The van der Waals surface area contributed by atoms with E-state index in [0.717, 1.165) is 5.56 Å². The molecule has 0 aliphatic rings. The minimum atomic E-state index is -0.244. The number of rotatable bonds is 2. The van der Waals surface area contributed by atoms with Crippen LogP contribution < -0.4 is 5.32 Å². The lowest BCUT2D eigenvalue weighted by Crippen LogP contribution is -2.08. The molecule has 0 atom stereocenters. The van der Waals surface area contributed by atoms with Gasteiger partial charge in [0.1, 0.15) is 5.82 Å². The standard InChI is InChI=1S/C9H10N2O/c1-3-9(12)11-8-5-4-7(2)6-10-8/h3-6H,1H2,2H3,(H,10,11,12). The van der Waals surface area contributed by atoms with Crippen LogP contribution in [0.1, 0.15) is 5.56 Å². The third-order valence-electron chi connectivity index (χ3n) is 1.35. The lowest BCUT2D eigenvalue weighted by atomic mass is 10.3. The molecular weight excluding hydrogens is 152 g/mol. The lowest BCUT2D eigenvalue weighted by Gasteiger charge is -1.99. The Morgan fingerprint density at radius 3 is 2.92 bits per heavy atom. The fourth-order valence-corrected chi connectivity index (χ4v) is 0.719. The Bertz CT molecular complexity index is 290. The molecule has 0 bridgehead atoms. The average Bonchev–Trinajstić information content (AvgIpc) is 2.09. The molecule has 1 aromatic heterocycles. The highest BCUT2D eigenvalue weighted by atomic mass is 16.1. The van der Waals surface area contributed by atoms with Gasteiger partial charge in [-0.3, -0.25) is 4.79 Å². The number of hydrogen-bond acceptors (Lipinski definition) is 2. The highest BCUT2D eigenvalue weighted by molar-refractivity contribution is 5.98. The van der Waals surface area contributed by atoms with Gasteiger partial charge in [-0.25, -0.2) is 4.98 Å². The maximum Gasteiger partial charge on any atom is 0.248 e. The van der Waals surface area contributed by atoms with Crippen LogP contribution in [0.5, 0.6) is 0 Å². The quantitative estimate of drug-likeness (QED) is 0.670. The van der Waals surface area contributed by atoms with Crippen molar-refractivity contribution in [3.05, 3.63) is 36.5 Å². The van der Waals surface area contributed by atoms with Gasteiger partial charge in [-0.05, 0) is 24.6 Å². The predicted molar refractivity (Wildman–Crippen MR) is 47.8 cm³/mol. The molecule has 1 amide bonds. The first-order valence-corrected chi connectivity index (χ1v) is 3.58. The summed E-state index contributed by atoms with van der Waals surface area (Å²) in [6.07, 6.45) is 2.90. The van der Waals surface area contributed by atoms with Crippen LogP contribution in [0.4, 0.5) is 5.82 Å². The molecule has 1 heterocycles. The topological polar surface area (TPSA) is 42.0 Å². The Morgan fingerprint density at radius 1 is 1.67 bits per heavy atom. The molecule has 1 aromatic rings. The zero-order valence-corrected chi connectivity index (χ0v) is 6.87. The van der Waals surface area contributed by atoms with Gasteiger partial charge in [-0.1, -0.05) is 12.6 Å². The van der Waals surface area contributed by atoms with Gasteiger partial charge in [0.05, 0.1) is 0 Å². The molecule has 0 spiro atoms. The molecule has 3 nitrogen and oxygen atoms in total. The Morgan fingerprint density at radius 2 is 2.42 bits per heavy atom. The van der Waals surface area contributed by atoms with Crippen LogP contribution in [-0.2, 0) is 4.79 Å². The number of aryl methyl sites for hydroxylation is 1. The van der Waals surface area contributed by atoms with E-state index >= 15 is 0 Å². The van der Waals surface area contributed by atoms with Gasteiger partial charge in [-0.2, -0.15) is 0 Å². The van der Waals surface area contributed by atoms with Gasteiger partial charge in [0.25, 0.3) is 0 Å². The van der Waals surface area contributed by atoms with Crippen molar-refractivity contribution in [2.45, 2.75) is 6.92 Å². The van der Waals surface area contributed by atoms with Gasteiger partial charge in [0, 0.05) is 6.20 Å². The van der Waals surface area contributed by atoms with Crippen molar-refractivity contribution < 1.29 is 4.79 Å². The van der Waals surface area contributed by atoms with Crippen molar-refractivity contribution in [1.29, 1.82) is 0 Å². The maximum atomic E-state index is 10.8. The number of carbonyl (C=O) groups is 1. The number of nitrogens with zero attached hydrogens (tertiary/aromatic N) is 1. The van der Waals surface area contributed by atoms with E-state index in [-0.39, 0.29) is 5.91 Å². The molecule has 62 valence electrons. The summed E-state index contributed by atoms with van der Waals surface area (Å²) in [6.45, 7) is 5.27. The summed E-state index contributed by atoms with van der Waals surface area (Å²) in [6, 6.07) is 3.63. The first-order chi connectivity index (χ1) is 5.72. The van der Waals surface area contributed by atoms with Crippen LogP contribution in [0.25, 0.3) is 0 Å². The van der Waals surface area contributed by atoms with Crippen molar-refractivity contribution in [3.63, 3.8) is 0 Å². The predicted octanol–water partition coefficient (Wildman–Crippen LogP) is 1.51. The van der Waals surface area contributed by atoms with Crippen LogP contribution >= 0.6 is 0 Å². The Labute approximate surface area is 71.1 Å². The molecule has 0 saturated carbocycles. The van der Waals surface area contributed by atoms with Crippen LogP contribution in [0.15, 0.2) is 31.0 Å². The third kappa shape index (κ3) is 2.20. The summed E-state index contributed by atoms with van der Waals surface area (Å²) >= 11 is 0. The van der Waals surface area contributed by atoms with E-state index in [4.69, 9.17) is 0 Å². The van der Waals surface area contributed by atoms with Crippen LogP contribution in [0.3, 0.4) is 0 Å². The molecule has 0 fully saturated rings. The Hall–Kier alpha value is -1.64. The minimum absolute atomic E-state index is 0.244. The minimum Gasteiger partial charge on any atom is -0.307 e. The second kappa shape index (κ2) is 3.67. The zero-order valence-electron chi connectivity index (χ0n) is 6.87. The van der Waals surface area contributed by atoms with Gasteiger partial charge < -0.3 is 5.32 Å². The summed E-state index contributed by atoms with van der Waals surface area (Å²) in [5.74, 6) is 0.303. The van der Waals surface area contributed by atoms with Gasteiger partial charge in [0.2, 0.25) is 5.91 Å². The fourth-order valence-electron chi connectivity index (χ4n) is 0.719. The molecule has 0 unspecified atom stereocenters. The van der Waals surface area contributed by atoms with Crippen molar-refractivity contribution >= 4 is 11.7 Å². The molecule has 3 heteroatoms. The second-order valence-electron chi connectivity index (χ2n) is 2.41. The molecular formula is C9H10N2O. The average molecular weight is 162 g/mol. The van der Waals surface area contributed by atoms with E-state index in [0.29, 0.717) is 5.82 Å². The molecule has 1 rings (SSSR count).